The number of ether oxygens (including phenoxy) is 1. The molecule has 1 aromatic rings. The number of carbonyl (C=O) groups is 2. The molecule has 0 heterocycles. The maximum atomic E-state index is 11.7. The maximum absolute atomic E-state index is 11.7. The minimum absolute atomic E-state index is 0.205. The Morgan fingerprint density at radius 3 is 2.25 bits per heavy atom. The van der Waals surface area contributed by atoms with Crippen LogP contribution in [0.25, 0.3) is 0 Å². The number of aryl methyl sites for hydroxylation is 1. The Morgan fingerprint density at radius 2 is 1.80 bits per heavy atom. The van der Waals surface area contributed by atoms with Crippen LogP contribution in [0, 0.1) is 12.3 Å². The van der Waals surface area contributed by atoms with E-state index in [0.29, 0.717) is 5.75 Å². The Kier molecular flexibility index (Phi) is 5.13. The van der Waals surface area contributed by atoms with Gasteiger partial charge in [-0.1, -0.05) is 38.5 Å². The first-order valence-electron chi connectivity index (χ1n) is 6.42. The molecule has 2 N–H and O–H groups in total. The highest BCUT2D eigenvalue weighted by Gasteiger charge is 2.32. The van der Waals surface area contributed by atoms with Gasteiger partial charge in [-0.3, -0.25) is 4.79 Å². The zero-order valence-electron chi connectivity index (χ0n) is 12.3. The minimum atomic E-state index is -1.05. The summed E-state index contributed by atoms with van der Waals surface area (Å²) in [4.78, 5) is 22.9. The monoisotopic (exact) mass is 279 g/mol. The molecule has 1 rings (SSSR count). The lowest BCUT2D eigenvalue weighted by atomic mass is 9.87. The number of rotatable bonds is 5. The van der Waals surface area contributed by atoms with Crippen LogP contribution in [0.15, 0.2) is 24.3 Å². The van der Waals surface area contributed by atoms with Crippen LogP contribution in [0.5, 0.6) is 5.75 Å². The summed E-state index contributed by atoms with van der Waals surface area (Å²) in [7, 11) is 0. The van der Waals surface area contributed by atoms with E-state index in [0.717, 1.165) is 5.56 Å². The third kappa shape index (κ3) is 4.91. The predicted octanol–water partition coefficient (Wildman–Crippen LogP) is 1.99. The molecule has 0 spiro atoms. The molecule has 0 fully saturated rings. The lowest BCUT2D eigenvalue weighted by Crippen LogP contribution is -2.50. The average molecular weight is 279 g/mol. The molecule has 110 valence electrons. The molecule has 0 aliphatic carbocycles. The number of amides is 1. The summed E-state index contributed by atoms with van der Waals surface area (Å²) in [5.74, 6) is -0.928. The molecule has 1 amide bonds. The van der Waals surface area contributed by atoms with E-state index in [4.69, 9.17) is 9.84 Å². The van der Waals surface area contributed by atoms with Gasteiger partial charge >= 0.3 is 5.97 Å². The molecule has 0 saturated heterocycles. The van der Waals surface area contributed by atoms with E-state index in [2.05, 4.69) is 5.32 Å². The maximum Gasteiger partial charge on any atom is 0.326 e. The van der Waals surface area contributed by atoms with E-state index in [1.54, 1.807) is 32.9 Å². The molecular formula is C15H21NO4. The van der Waals surface area contributed by atoms with Gasteiger partial charge in [0, 0.05) is 0 Å². The van der Waals surface area contributed by atoms with Crippen LogP contribution in [-0.4, -0.2) is 29.6 Å². The number of carboxylic acids is 1. The van der Waals surface area contributed by atoms with E-state index >= 15 is 0 Å². The lowest BCUT2D eigenvalue weighted by molar-refractivity contribution is -0.145. The quantitative estimate of drug-likeness (QED) is 0.864. The van der Waals surface area contributed by atoms with Gasteiger partial charge in [-0.15, -0.1) is 0 Å². The van der Waals surface area contributed by atoms with Crippen molar-refractivity contribution in [3.63, 3.8) is 0 Å². The number of carbonyl (C=O) groups excluding carboxylic acids is 1. The SMILES string of the molecule is Cc1ccc(OCC(=O)N[C@H](C(=O)O)C(C)(C)C)cc1. The van der Waals surface area contributed by atoms with Gasteiger partial charge in [-0.25, -0.2) is 4.79 Å². The van der Waals surface area contributed by atoms with Crippen molar-refractivity contribution in [3.05, 3.63) is 29.8 Å². The second kappa shape index (κ2) is 6.41. The van der Waals surface area contributed by atoms with Crippen molar-refractivity contribution in [2.75, 3.05) is 6.61 Å². The highest BCUT2D eigenvalue weighted by molar-refractivity contribution is 5.84. The van der Waals surface area contributed by atoms with Crippen molar-refractivity contribution in [2.45, 2.75) is 33.7 Å². The molecule has 0 bridgehead atoms. The average Bonchev–Trinajstić information content (AvgIpc) is 2.33. The van der Waals surface area contributed by atoms with Gasteiger partial charge in [0.05, 0.1) is 0 Å². The van der Waals surface area contributed by atoms with Crippen molar-refractivity contribution in [3.8, 4) is 5.75 Å². The van der Waals surface area contributed by atoms with Gasteiger partial charge in [-0.2, -0.15) is 0 Å². The summed E-state index contributed by atoms with van der Waals surface area (Å²) in [6, 6.07) is 6.34. The topological polar surface area (TPSA) is 75.6 Å². The van der Waals surface area contributed by atoms with Crippen LogP contribution < -0.4 is 10.1 Å². The molecule has 0 unspecified atom stereocenters. The number of hydrogen-bond donors (Lipinski definition) is 2. The fourth-order valence-electron chi connectivity index (χ4n) is 1.63. The molecule has 0 aliphatic heterocycles. The van der Waals surface area contributed by atoms with Gasteiger partial charge in [0.15, 0.2) is 6.61 Å². The molecule has 5 heteroatoms. The van der Waals surface area contributed by atoms with Crippen LogP contribution >= 0.6 is 0 Å². The Hall–Kier alpha value is -2.04. The van der Waals surface area contributed by atoms with Crippen LogP contribution in [-0.2, 0) is 9.59 Å². The summed E-state index contributed by atoms with van der Waals surface area (Å²) < 4.78 is 5.31. The summed E-state index contributed by atoms with van der Waals surface area (Å²) in [6.45, 7) is 7.02. The molecule has 0 saturated carbocycles. The number of hydrogen-bond acceptors (Lipinski definition) is 3. The smallest absolute Gasteiger partial charge is 0.326 e. The second-order valence-corrected chi connectivity index (χ2v) is 5.81. The summed E-state index contributed by atoms with van der Waals surface area (Å²) in [5.41, 5.74) is 0.534. The van der Waals surface area contributed by atoms with E-state index in [-0.39, 0.29) is 6.61 Å². The van der Waals surface area contributed by atoms with Gasteiger partial charge in [-0.05, 0) is 24.5 Å². The van der Waals surface area contributed by atoms with E-state index in [1.807, 2.05) is 19.1 Å². The van der Waals surface area contributed by atoms with Crippen molar-refractivity contribution in [1.29, 1.82) is 0 Å². The fourth-order valence-corrected chi connectivity index (χ4v) is 1.63. The Bertz CT molecular complexity index is 474. The van der Waals surface area contributed by atoms with E-state index in [1.165, 1.54) is 0 Å². The third-order valence-corrected chi connectivity index (χ3v) is 2.81. The predicted molar refractivity (Wildman–Crippen MR) is 75.7 cm³/mol. The first-order valence-corrected chi connectivity index (χ1v) is 6.42. The van der Waals surface area contributed by atoms with Crippen molar-refractivity contribution in [1.82, 2.24) is 5.32 Å². The molecule has 0 radical (unpaired) electrons. The molecule has 1 aromatic carbocycles. The normalized spacial score (nSPS) is 12.6. The zero-order chi connectivity index (χ0) is 15.3. The lowest BCUT2D eigenvalue weighted by Gasteiger charge is -2.27. The molecular weight excluding hydrogens is 258 g/mol. The van der Waals surface area contributed by atoms with Crippen LogP contribution in [0.3, 0.4) is 0 Å². The van der Waals surface area contributed by atoms with E-state index < -0.39 is 23.3 Å². The molecule has 1 atom stereocenters. The van der Waals surface area contributed by atoms with Gasteiger partial charge in [0.1, 0.15) is 11.8 Å². The summed E-state index contributed by atoms with van der Waals surface area (Å²) in [5, 5.41) is 11.6. The molecule has 0 aromatic heterocycles. The highest BCUT2D eigenvalue weighted by atomic mass is 16.5. The van der Waals surface area contributed by atoms with Gasteiger partial charge in [0.25, 0.3) is 5.91 Å². The Labute approximate surface area is 118 Å². The Balaban J connectivity index is 2.54. The number of nitrogens with one attached hydrogen (secondary N) is 1. The highest BCUT2D eigenvalue weighted by Crippen LogP contribution is 2.19. The molecule has 0 aliphatic rings. The third-order valence-electron chi connectivity index (χ3n) is 2.81. The molecule has 20 heavy (non-hydrogen) atoms. The summed E-state index contributed by atoms with van der Waals surface area (Å²) >= 11 is 0. The number of carboxylic acid groups (broad SMARTS) is 1. The first kappa shape index (κ1) is 16.0. The van der Waals surface area contributed by atoms with Crippen LogP contribution in [0.2, 0.25) is 0 Å². The van der Waals surface area contributed by atoms with Crippen LogP contribution in [0.1, 0.15) is 26.3 Å². The van der Waals surface area contributed by atoms with E-state index in [9.17, 15) is 9.59 Å². The van der Waals surface area contributed by atoms with Crippen LogP contribution in [0.4, 0.5) is 0 Å². The second-order valence-electron chi connectivity index (χ2n) is 5.81. The van der Waals surface area contributed by atoms with Gasteiger partial charge in [0.2, 0.25) is 0 Å². The zero-order valence-corrected chi connectivity index (χ0v) is 12.3. The number of aliphatic carboxylic acids is 1. The summed E-state index contributed by atoms with van der Waals surface area (Å²) in [6.07, 6.45) is 0. The fraction of sp³-hybridized carbons (Fsp3) is 0.467. The van der Waals surface area contributed by atoms with Crippen molar-refractivity contribution in [2.24, 2.45) is 5.41 Å². The van der Waals surface area contributed by atoms with Crippen molar-refractivity contribution >= 4 is 11.9 Å². The van der Waals surface area contributed by atoms with Crippen molar-refractivity contribution < 1.29 is 19.4 Å². The minimum Gasteiger partial charge on any atom is -0.484 e. The van der Waals surface area contributed by atoms with Gasteiger partial charge < -0.3 is 15.2 Å². The largest absolute Gasteiger partial charge is 0.484 e. The number of benzene rings is 1. The Morgan fingerprint density at radius 1 is 1.25 bits per heavy atom. The molecule has 5 nitrogen and oxygen atoms in total. The standard InChI is InChI=1S/C15H21NO4/c1-10-5-7-11(8-6-10)20-9-12(17)16-13(14(18)19)15(2,3)4/h5-8,13H,9H2,1-4H3,(H,16,17)(H,18,19)/t13-/m1/s1. The first-order chi connectivity index (χ1) is 9.20.